The van der Waals surface area contributed by atoms with E-state index in [2.05, 4.69) is 19.5 Å². The Labute approximate surface area is 151 Å². The van der Waals surface area contributed by atoms with E-state index in [0.717, 1.165) is 56.4 Å². The molecule has 0 aliphatic carbocycles. The molecule has 6 nitrogen and oxygen atoms in total. The minimum atomic E-state index is -0.207. The summed E-state index contributed by atoms with van der Waals surface area (Å²) in [7, 11) is 0. The van der Waals surface area contributed by atoms with Crippen molar-refractivity contribution in [2.75, 3.05) is 6.61 Å². The highest BCUT2D eigenvalue weighted by Crippen LogP contribution is 2.23. The molecule has 0 aliphatic rings. The van der Waals surface area contributed by atoms with Gasteiger partial charge in [-0.25, -0.2) is 9.97 Å². The number of carbonyl (C=O) groups excluding carboxylic acids is 1. The van der Waals surface area contributed by atoms with Gasteiger partial charge in [0.15, 0.2) is 10.8 Å². The van der Waals surface area contributed by atoms with E-state index in [9.17, 15) is 4.79 Å². The van der Waals surface area contributed by atoms with Gasteiger partial charge in [0.25, 0.3) is 0 Å². The largest absolute Gasteiger partial charge is 0.466 e. The van der Waals surface area contributed by atoms with Gasteiger partial charge in [-0.2, -0.15) is 4.98 Å². The number of unbranched alkanes of at least 4 members (excludes halogenated alkanes) is 5. The van der Waals surface area contributed by atoms with Crippen molar-refractivity contribution >= 4 is 40.3 Å². The molecule has 0 fully saturated rings. The third kappa shape index (κ3) is 5.31. The molecule has 0 aliphatic heterocycles. The van der Waals surface area contributed by atoms with Crippen LogP contribution in [-0.2, 0) is 16.1 Å². The first-order chi connectivity index (χ1) is 11.5. The van der Waals surface area contributed by atoms with Crippen molar-refractivity contribution in [2.24, 2.45) is 0 Å². The standard InChI is InChI=1S/C16H22Cl2N4O2/c1-11-19-15-13(14(17)20-16(18)21-15)22(11)9-7-5-3-4-6-8-10-24-12(2)23/h3-10H2,1-2H3. The molecule has 0 bridgehead atoms. The number of rotatable bonds is 9. The molecule has 2 aromatic rings. The van der Waals surface area contributed by atoms with Crippen molar-refractivity contribution in [3.63, 3.8) is 0 Å². The summed E-state index contributed by atoms with van der Waals surface area (Å²) in [5.41, 5.74) is 1.29. The van der Waals surface area contributed by atoms with Crippen molar-refractivity contribution in [1.82, 2.24) is 19.5 Å². The van der Waals surface area contributed by atoms with E-state index in [1.807, 2.05) is 6.92 Å². The summed E-state index contributed by atoms with van der Waals surface area (Å²) in [6, 6.07) is 0. The molecule has 2 rings (SSSR count). The van der Waals surface area contributed by atoms with Crippen LogP contribution in [0.3, 0.4) is 0 Å². The van der Waals surface area contributed by atoms with Crippen LogP contribution in [0.4, 0.5) is 0 Å². The van der Waals surface area contributed by atoms with Crippen molar-refractivity contribution in [2.45, 2.75) is 58.9 Å². The number of hydrogen-bond donors (Lipinski definition) is 0. The summed E-state index contributed by atoms with van der Waals surface area (Å²) in [5, 5.41) is 0.460. The number of aryl methyl sites for hydroxylation is 2. The molecule has 2 aromatic heterocycles. The first-order valence-corrected chi connectivity index (χ1v) is 8.94. The van der Waals surface area contributed by atoms with Crippen LogP contribution in [0.5, 0.6) is 0 Å². The zero-order chi connectivity index (χ0) is 17.5. The van der Waals surface area contributed by atoms with Crippen LogP contribution in [-0.4, -0.2) is 32.1 Å². The molecule has 0 unspecified atom stereocenters. The first-order valence-electron chi connectivity index (χ1n) is 8.18. The van der Waals surface area contributed by atoms with Gasteiger partial charge in [0.05, 0.1) is 6.61 Å². The molecule has 0 saturated carbocycles. The monoisotopic (exact) mass is 372 g/mol. The van der Waals surface area contributed by atoms with Crippen LogP contribution in [0.25, 0.3) is 11.2 Å². The lowest BCUT2D eigenvalue weighted by atomic mass is 10.1. The second kappa shape index (κ2) is 9.18. The van der Waals surface area contributed by atoms with Crippen molar-refractivity contribution in [1.29, 1.82) is 0 Å². The van der Waals surface area contributed by atoms with Crippen LogP contribution in [0.2, 0.25) is 10.4 Å². The lowest BCUT2D eigenvalue weighted by Gasteiger charge is -2.07. The second-order valence-corrected chi connectivity index (χ2v) is 6.42. The van der Waals surface area contributed by atoms with E-state index in [4.69, 9.17) is 27.9 Å². The molecule has 132 valence electrons. The van der Waals surface area contributed by atoms with E-state index in [1.54, 1.807) is 0 Å². The summed E-state index contributed by atoms with van der Waals surface area (Å²) < 4.78 is 6.96. The van der Waals surface area contributed by atoms with Gasteiger partial charge in [-0.15, -0.1) is 0 Å². The highest BCUT2D eigenvalue weighted by atomic mass is 35.5. The SMILES string of the molecule is CC(=O)OCCCCCCCCn1c(C)nc2nc(Cl)nc(Cl)c21. The minimum Gasteiger partial charge on any atom is -0.466 e. The number of aromatic nitrogens is 4. The van der Waals surface area contributed by atoms with Gasteiger partial charge < -0.3 is 9.30 Å². The van der Waals surface area contributed by atoms with Gasteiger partial charge in [0.1, 0.15) is 11.3 Å². The van der Waals surface area contributed by atoms with Gasteiger partial charge >= 0.3 is 5.97 Å². The van der Waals surface area contributed by atoms with Crippen LogP contribution in [0.1, 0.15) is 51.3 Å². The van der Waals surface area contributed by atoms with Crippen molar-refractivity contribution in [3.8, 4) is 0 Å². The quantitative estimate of drug-likeness (QED) is 0.283. The van der Waals surface area contributed by atoms with Crippen molar-refractivity contribution in [3.05, 3.63) is 16.3 Å². The summed E-state index contributed by atoms with van der Waals surface area (Å²) >= 11 is 12.0. The fraction of sp³-hybridized carbons (Fsp3) is 0.625. The normalized spacial score (nSPS) is 11.2. The second-order valence-electron chi connectivity index (χ2n) is 5.73. The van der Waals surface area contributed by atoms with E-state index in [-0.39, 0.29) is 11.3 Å². The molecule has 8 heteroatoms. The third-order valence-electron chi connectivity index (χ3n) is 3.81. The van der Waals surface area contributed by atoms with E-state index >= 15 is 0 Å². The van der Waals surface area contributed by atoms with Crippen LogP contribution in [0, 0.1) is 6.92 Å². The molecule has 0 spiro atoms. The van der Waals surface area contributed by atoms with Gasteiger partial charge in [0, 0.05) is 13.5 Å². The van der Waals surface area contributed by atoms with E-state index in [0.29, 0.717) is 17.4 Å². The van der Waals surface area contributed by atoms with E-state index in [1.165, 1.54) is 6.92 Å². The minimum absolute atomic E-state index is 0.117. The summed E-state index contributed by atoms with van der Waals surface area (Å²) in [5.74, 6) is 0.659. The number of halogens is 2. The molecule has 2 heterocycles. The Balaban J connectivity index is 1.74. The van der Waals surface area contributed by atoms with Gasteiger partial charge in [-0.05, 0) is 31.4 Å². The zero-order valence-electron chi connectivity index (χ0n) is 14.0. The Bertz CT molecular complexity index is 703. The van der Waals surface area contributed by atoms with E-state index < -0.39 is 0 Å². The first kappa shape index (κ1) is 18.9. The summed E-state index contributed by atoms with van der Waals surface area (Å²) in [4.78, 5) is 23.2. The lowest BCUT2D eigenvalue weighted by molar-refractivity contribution is -0.141. The van der Waals surface area contributed by atoms with Gasteiger partial charge in [-0.1, -0.05) is 37.3 Å². The Morgan fingerprint density at radius 3 is 2.42 bits per heavy atom. The summed E-state index contributed by atoms with van der Waals surface area (Å²) in [6.07, 6.45) is 6.47. The maximum absolute atomic E-state index is 10.6. The fourth-order valence-corrected chi connectivity index (χ4v) is 3.12. The average Bonchev–Trinajstić information content (AvgIpc) is 2.81. The Hall–Kier alpha value is -1.40. The highest BCUT2D eigenvalue weighted by molar-refractivity contribution is 6.35. The maximum Gasteiger partial charge on any atom is 0.302 e. The Morgan fingerprint density at radius 1 is 1.04 bits per heavy atom. The predicted molar refractivity (Wildman–Crippen MR) is 94.4 cm³/mol. The molecule has 0 saturated heterocycles. The number of esters is 1. The number of imidazole rings is 1. The number of hydrogen-bond acceptors (Lipinski definition) is 5. The molecular weight excluding hydrogens is 351 g/mol. The smallest absolute Gasteiger partial charge is 0.302 e. The number of nitrogens with zero attached hydrogens (tertiary/aromatic N) is 4. The fourth-order valence-electron chi connectivity index (χ4n) is 2.65. The van der Waals surface area contributed by atoms with Crippen LogP contribution in [0.15, 0.2) is 0 Å². The zero-order valence-corrected chi connectivity index (χ0v) is 15.5. The Morgan fingerprint density at radius 2 is 1.71 bits per heavy atom. The van der Waals surface area contributed by atoms with Gasteiger partial charge in [0.2, 0.25) is 5.28 Å². The highest BCUT2D eigenvalue weighted by Gasteiger charge is 2.14. The molecule has 0 N–H and O–H groups in total. The lowest BCUT2D eigenvalue weighted by Crippen LogP contribution is -2.02. The van der Waals surface area contributed by atoms with Gasteiger partial charge in [-0.3, -0.25) is 4.79 Å². The summed E-state index contributed by atoms with van der Waals surface area (Å²) in [6.45, 7) is 4.73. The third-order valence-corrected chi connectivity index (χ3v) is 4.24. The predicted octanol–water partition coefficient (Wildman–Crippen LogP) is 4.35. The number of ether oxygens (including phenoxy) is 1. The molecular formula is C16H22Cl2N4O2. The molecule has 0 atom stereocenters. The molecule has 0 radical (unpaired) electrons. The topological polar surface area (TPSA) is 69.9 Å². The van der Waals surface area contributed by atoms with Crippen molar-refractivity contribution < 1.29 is 9.53 Å². The molecule has 0 amide bonds. The number of carbonyl (C=O) groups is 1. The number of fused-ring (bicyclic) bond motifs is 1. The Kier molecular flexibility index (Phi) is 7.24. The van der Waals surface area contributed by atoms with Crippen LogP contribution >= 0.6 is 23.2 Å². The van der Waals surface area contributed by atoms with Crippen LogP contribution < -0.4 is 0 Å². The molecule has 24 heavy (non-hydrogen) atoms. The molecule has 0 aromatic carbocycles. The maximum atomic E-state index is 10.6. The average molecular weight is 373 g/mol.